The molecule has 0 aliphatic heterocycles. The van der Waals surface area contributed by atoms with Crippen LogP contribution in [-0.4, -0.2) is 28.4 Å². The summed E-state index contributed by atoms with van der Waals surface area (Å²) in [7, 11) is 1.66. The van der Waals surface area contributed by atoms with E-state index >= 15 is 0 Å². The number of para-hydroxylation sites is 1. The van der Waals surface area contributed by atoms with Crippen molar-refractivity contribution in [3.63, 3.8) is 0 Å². The molecule has 4 nitrogen and oxygen atoms in total. The number of hydrogen-bond acceptors (Lipinski definition) is 3. The number of rotatable bonds is 4. The molecule has 0 atom stereocenters. The van der Waals surface area contributed by atoms with Gasteiger partial charge in [-0.3, -0.25) is 0 Å². The molecular weight excluding hydrogens is 276 g/mol. The van der Waals surface area contributed by atoms with Crippen molar-refractivity contribution in [3.8, 4) is 17.1 Å². The number of hydrogen-bond donors (Lipinski definition) is 1. The Morgan fingerprint density at radius 3 is 2.59 bits per heavy atom. The molecule has 4 heteroatoms. The van der Waals surface area contributed by atoms with Crippen LogP contribution >= 0.6 is 0 Å². The van der Waals surface area contributed by atoms with Gasteiger partial charge in [0, 0.05) is 6.54 Å². The van der Waals surface area contributed by atoms with E-state index in [1.54, 1.807) is 7.11 Å². The molecule has 22 heavy (non-hydrogen) atoms. The zero-order chi connectivity index (χ0) is 15.7. The van der Waals surface area contributed by atoms with E-state index in [0.29, 0.717) is 6.54 Å². The Morgan fingerprint density at radius 2 is 1.86 bits per heavy atom. The highest BCUT2D eigenvalue weighted by molar-refractivity contribution is 5.83. The van der Waals surface area contributed by atoms with Gasteiger partial charge < -0.3 is 14.4 Å². The summed E-state index contributed by atoms with van der Waals surface area (Å²) in [5.41, 5.74) is 5.35. The minimum atomic E-state index is 0.0700. The molecule has 1 aromatic heterocycles. The molecule has 0 aliphatic carbocycles. The summed E-state index contributed by atoms with van der Waals surface area (Å²) >= 11 is 0. The normalized spacial score (nSPS) is 11.1. The second-order valence-electron chi connectivity index (χ2n) is 5.44. The van der Waals surface area contributed by atoms with Gasteiger partial charge >= 0.3 is 0 Å². The van der Waals surface area contributed by atoms with Gasteiger partial charge in [0.15, 0.2) is 0 Å². The van der Waals surface area contributed by atoms with Gasteiger partial charge in [0.1, 0.15) is 11.6 Å². The average molecular weight is 296 g/mol. The Morgan fingerprint density at radius 1 is 1.14 bits per heavy atom. The first-order valence-corrected chi connectivity index (χ1v) is 7.37. The van der Waals surface area contributed by atoms with E-state index in [0.717, 1.165) is 28.2 Å². The van der Waals surface area contributed by atoms with Crippen LogP contribution in [0.4, 0.5) is 0 Å². The van der Waals surface area contributed by atoms with Gasteiger partial charge in [0.25, 0.3) is 0 Å². The van der Waals surface area contributed by atoms with Crippen molar-refractivity contribution in [2.45, 2.75) is 20.4 Å². The van der Waals surface area contributed by atoms with Gasteiger partial charge in [-0.25, -0.2) is 4.98 Å². The first-order chi connectivity index (χ1) is 10.7. The maximum absolute atomic E-state index is 9.44. The predicted molar refractivity (Wildman–Crippen MR) is 88.3 cm³/mol. The predicted octanol–water partition coefficient (Wildman–Crippen LogP) is 3.32. The molecule has 0 amide bonds. The van der Waals surface area contributed by atoms with Gasteiger partial charge in [-0.1, -0.05) is 12.1 Å². The Hall–Kier alpha value is -2.33. The average Bonchev–Trinajstić information content (AvgIpc) is 2.86. The highest BCUT2D eigenvalue weighted by atomic mass is 16.5. The van der Waals surface area contributed by atoms with E-state index in [9.17, 15) is 5.11 Å². The number of nitrogens with zero attached hydrogens (tertiary/aromatic N) is 2. The molecule has 2 aromatic carbocycles. The van der Waals surface area contributed by atoms with Crippen molar-refractivity contribution in [2.75, 3.05) is 13.7 Å². The molecule has 1 N–H and O–H groups in total. The van der Waals surface area contributed by atoms with Gasteiger partial charge in [-0.05, 0) is 49.2 Å². The molecule has 3 aromatic rings. The number of imidazole rings is 1. The van der Waals surface area contributed by atoms with Crippen molar-refractivity contribution < 1.29 is 9.84 Å². The van der Waals surface area contributed by atoms with Crippen LogP contribution in [0.25, 0.3) is 22.4 Å². The Kier molecular flexibility index (Phi) is 3.86. The Labute approximate surface area is 130 Å². The van der Waals surface area contributed by atoms with Crippen LogP contribution in [0.1, 0.15) is 11.1 Å². The topological polar surface area (TPSA) is 47.3 Å². The highest BCUT2D eigenvalue weighted by Crippen LogP contribution is 2.32. The van der Waals surface area contributed by atoms with Crippen LogP contribution in [-0.2, 0) is 6.54 Å². The van der Waals surface area contributed by atoms with E-state index in [4.69, 9.17) is 9.72 Å². The molecule has 0 radical (unpaired) electrons. The van der Waals surface area contributed by atoms with E-state index in [-0.39, 0.29) is 6.61 Å². The SMILES string of the molecule is COc1ccccc1-c1nc2cc(C)c(C)cc2n1CCO. The summed E-state index contributed by atoms with van der Waals surface area (Å²) in [6.45, 7) is 4.75. The summed E-state index contributed by atoms with van der Waals surface area (Å²) in [5.74, 6) is 1.61. The summed E-state index contributed by atoms with van der Waals surface area (Å²) in [5, 5.41) is 9.44. The molecular formula is C18H20N2O2. The van der Waals surface area contributed by atoms with Crippen LogP contribution < -0.4 is 4.74 Å². The standard InChI is InChI=1S/C18H20N2O2/c1-12-10-15-16(11-13(12)2)20(8-9-21)18(19-15)14-6-4-5-7-17(14)22-3/h4-7,10-11,21H,8-9H2,1-3H3. The monoisotopic (exact) mass is 296 g/mol. The lowest BCUT2D eigenvalue weighted by molar-refractivity contribution is 0.278. The zero-order valence-corrected chi connectivity index (χ0v) is 13.1. The third-order valence-corrected chi connectivity index (χ3v) is 4.04. The van der Waals surface area contributed by atoms with Gasteiger partial charge in [0.05, 0.1) is 30.3 Å². The van der Waals surface area contributed by atoms with Crippen molar-refractivity contribution in [1.82, 2.24) is 9.55 Å². The molecule has 0 unspecified atom stereocenters. The van der Waals surface area contributed by atoms with Gasteiger partial charge in [0.2, 0.25) is 0 Å². The molecule has 0 bridgehead atoms. The molecule has 3 rings (SSSR count). The molecule has 114 valence electrons. The molecule has 0 fully saturated rings. The largest absolute Gasteiger partial charge is 0.496 e. The number of aliphatic hydroxyl groups excluding tert-OH is 1. The van der Waals surface area contributed by atoms with Crippen LogP contribution in [0, 0.1) is 13.8 Å². The van der Waals surface area contributed by atoms with Gasteiger partial charge in [-0.15, -0.1) is 0 Å². The molecule has 0 saturated carbocycles. The van der Waals surface area contributed by atoms with Gasteiger partial charge in [-0.2, -0.15) is 0 Å². The first kappa shape index (κ1) is 14.6. The first-order valence-electron chi connectivity index (χ1n) is 7.37. The summed E-state index contributed by atoms with van der Waals surface area (Å²) < 4.78 is 7.52. The lowest BCUT2D eigenvalue weighted by Crippen LogP contribution is -2.05. The van der Waals surface area contributed by atoms with Crippen LogP contribution in [0.5, 0.6) is 5.75 Å². The van der Waals surface area contributed by atoms with Crippen LogP contribution in [0.15, 0.2) is 36.4 Å². The fraction of sp³-hybridized carbons (Fsp3) is 0.278. The maximum atomic E-state index is 9.44. The fourth-order valence-corrected chi connectivity index (χ4v) is 2.74. The highest BCUT2D eigenvalue weighted by Gasteiger charge is 2.16. The van der Waals surface area contributed by atoms with E-state index < -0.39 is 0 Å². The lowest BCUT2D eigenvalue weighted by atomic mass is 10.1. The third-order valence-electron chi connectivity index (χ3n) is 4.04. The number of aromatic nitrogens is 2. The number of fused-ring (bicyclic) bond motifs is 1. The van der Waals surface area contributed by atoms with E-state index in [1.807, 2.05) is 24.3 Å². The van der Waals surface area contributed by atoms with Crippen LogP contribution in [0.3, 0.4) is 0 Å². The maximum Gasteiger partial charge on any atom is 0.144 e. The molecule has 0 saturated heterocycles. The Balaban J connectivity index is 2.31. The quantitative estimate of drug-likeness (QED) is 0.803. The van der Waals surface area contributed by atoms with Crippen LogP contribution in [0.2, 0.25) is 0 Å². The smallest absolute Gasteiger partial charge is 0.144 e. The third kappa shape index (κ3) is 2.35. The number of ether oxygens (including phenoxy) is 1. The summed E-state index contributed by atoms with van der Waals surface area (Å²) in [4.78, 5) is 4.78. The molecule has 0 spiro atoms. The van der Waals surface area contributed by atoms with Crippen molar-refractivity contribution in [3.05, 3.63) is 47.5 Å². The second kappa shape index (κ2) is 5.81. The molecule has 0 aliphatic rings. The lowest BCUT2D eigenvalue weighted by Gasteiger charge is -2.11. The zero-order valence-electron chi connectivity index (χ0n) is 13.1. The van der Waals surface area contributed by atoms with E-state index in [1.165, 1.54) is 11.1 Å². The fourth-order valence-electron chi connectivity index (χ4n) is 2.74. The summed E-state index contributed by atoms with van der Waals surface area (Å²) in [6, 6.07) is 12.1. The number of methoxy groups -OCH3 is 1. The van der Waals surface area contributed by atoms with Crippen molar-refractivity contribution in [2.24, 2.45) is 0 Å². The number of benzene rings is 2. The Bertz CT molecular complexity index is 821. The number of aliphatic hydroxyl groups is 1. The van der Waals surface area contributed by atoms with E-state index in [2.05, 4.69) is 30.5 Å². The molecule has 1 heterocycles. The minimum Gasteiger partial charge on any atom is -0.496 e. The van der Waals surface area contributed by atoms with Crippen molar-refractivity contribution in [1.29, 1.82) is 0 Å². The minimum absolute atomic E-state index is 0.0700. The summed E-state index contributed by atoms with van der Waals surface area (Å²) in [6.07, 6.45) is 0. The second-order valence-corrected chi connectivity index (χ2v) is 5.44. The van der Waals surface area contributed by atoms with Crippen molar-refractivity contribution >= 4 is 11.0 Å². The number of aryl methyl sites for hydroxylation is 2.